The van der Waals surface area contributed by atoms with Gasteiger partial charge in [0.15, 0.2) is 0 Å². The molecule has 0 amide bonds. The van der Waals surface area contributed by atoms with E-state index in [1.54, 1.807) is 0 Å². The van der Waals surface area contributed by atoms with Crippen LogP contribution in [0.1, 0.15) is 26.3 Å². The summed E-state index contributed by atoms with van der Waals surface area (Å²) in [5.41, 5.74) is 0.173. The van der Waals surface area contributed by atoms with Crippen molar-refractivity contribution in [2.75, 3.05) is 0 Å². The SMILES string of the molecule is CC(C)(C)SN=Cc1cc(F)ccc1F. The molecule has 0 fully saturated rings. The van der Waals surface area contributed by atoms with Gasteiger partial charge in [-0.1, -0.05) is 0 Å². The van der Waals surface area contributed by atoms with Crippen molar-refractivity contribution in [1.29, 1.82) is 0 Å². The Hall–Kier alpha value is -0.900. The Balaban J connectivity index is 2.76. The maximum absolute atomic E-state index is 13.1. The van der Waals surface area contributed by atoms with Gasteiger partial charge >= 0.3 is 0 Å². The highest BCUT2D eigenvalue weighted by atomic mass is 32.2. The predicted octanol–water partition coefficient (Wildman–Crippen LogP) is 3.83. The Kier molecular flexibility index (Phi) is 3.85. The van der Waals surface area contributed by atoms with E-state index in [2.05, 4.69) is 4.40 Å². The minimum absolute atomic E-state index is 0.0275. The lowest BCUT2D eigenvalue weighted by Gasteiger charge is -2.12. The van der Waals surface area contributed by atoms with Crippen LogP contribution >= 0.6 is 11.9 Å². The Labute approximate surface area is 92.7 Å². The van der Waals surface area contributed by atoms with E-state index in [0.717, 1.165) is 18.2 Å². The zero-order valence-electron chi connectivity index (χ0n) is 8.92. The van der Waals surface area contributed by atoms with Crippen molar-refractivity contribution in [1.82, 2.24) is 0 Å². The van der Waals surface area contributed by atoms with Crippen molar-refractivity contribution in [3.05, 3.63) is 35.4 Å². The Morgan fingerprint density at radius 1 is 1.27 bits per heavy atom. The van der Waals surface area contributed by atoms with Crippen molar-refractivity contribution in [2.45, 2.75) is 25.5 Å². The summed E-state index contributed by atoms with van der Waals surface area (Å²) in [5, 5.41) is 0. The van der Waals surface area contributed by atoms with Gasteiger partial charge in [0.1, 0.15) is 11.6 Å². The third kappa shape index (κ3) is 4.42. The molecule has 15 heavy (non-hydrogen) atoms. The first kappa shape index (κ1) is 12.2. The third-order valence-electron chi connectivity index (χ3n) is 1.48. The first-order valence-electron chi connectivity index (χ1n) is 4.55. The molecule has 0 radical (unpaired) electrons. The molecule has 0 aromatic heterocycles. The van der Waals surface area contributed by atoms with Gasteiger partial charge in [0, 0.05) is 16.5 Å². The summed E-state index contributed by atoms with van der Waals surface area (Å²) in [6.07, 6.45) is 1.34. The summed E-state index contributed by atoms with van der Waals surface area (Å²) in [7, 11) is 0. The molecule has 0 unspecified atom stereocenters. The van der Waals surface area contributed by atoms with E-state index in [9.17, 15) is 8.78 Å². The normalized spacial score (nSPS) is 12.3. The minimum Gasteiger partial charge on any atom is -0.223 e. The average Bonchev–Trinajstić information content (AvgIpc) is 2.09. The van der Waals surface area contributed by atoms with E-state index in [0.29, 0.717) is 0 Å². The summed E-state index contributed by atoms with van der Waals surface area (Å²) in [6, 6.07) is 3.31. The summed E-state index contributed by atoms with van der Waals surface area (Å²) in [5.74, 6) is -0.923. The largest absolute Gasteiger partial charge is 0.223 e. The van der Waals surface area contributed by atoms with Gasteiger partial charge in [0.25, 0.3) is 0 Å². The molecule has 0 atom stereocenters. The first-order chi connectivity index (χ1) is 6.88. The number of rotatable bonds is 2. The fourth-order valence-electron chi connectivity index (χ4n) is 0.855. The molecule has 0 bridgehead atoms. The van der Waals surface area contributed by atoms with Crippen LogP contribution in [-0.4, -0.2) is 11.0 Å². The summed E-state index contributed by atoms with van der Waals surface area (Å²) in [6.45, 7) is 5.99. The molecule has 0 N–H and O–H groups in total. The van der Waals surface area contributed by atoms with Gasteiger partial charge in [0.2, 0.25) is 0 Å². The summed E-state index contributed by atoms with van der Waals surface area (Å²) >= 11 is 1.32. The molecular weight excluding hydrogens is 216 g/mol. The highest BCUT2D eigenvalue weighted by Gasteiger charge is 2.09. The molecule has 82 valence electrons. The molecule has 0 aliphatic carbocycles. The van der Waals surface area contributed by atoms with E-state index in [1.807, 2.05) is 20.8 Å². The van der Waals surface area contributed by atoms with E-state index in [1.165, 1.54) is 18.2 Å². The van der Waals surface area contributed by atoms with Crippen LogP contribution in [-0.2, 0) is 0 Å². The van der Waals surface area contributed by atoms with Gasteiger partial charge in [-0.2, -0.15) is 0 Å². The maximum Gasteiger partial charge on any atom is 0.132 e. The van der Waals surface area contributed by atoms with Gasteiger partial charge in [-0.25, -0.2) is 13.2 Å². The first-order valence-corrected chi connectivity index (χ1v) is 5.32. The molecular formula is C11H13F2NS. The molecule has 1 nitrogen and oxygen atoms in total. The topological polar surface area (TPSA) is 12.4 Å². The molecule has 1 rings (SSSR count). The lowest BCUT2D eigenvalue weighted by Crippen LogP contribution is -2.05. The Morgan fingerprint density at radius 2 is 1.93 bits per heavy atom. The van der Waals surface area contributed by atoms with Crippen LogP contribution in [0.3, 0.4) is 0 Å². The van der Waals surface area contributed by atoms with Crippen LogP contribution in [0.15, 0.2) is 22.6 Å². The van der Waals surface area contributed by atoms with Crippen LogP contribution in [0.4, 0.5) is 8.78 Å². The predicted molar refractivity (Wildman–Crippen MR) is 61.3 cm³/mol. The number of halogens is 2. The lowest BCUT2D eigenvalue weighted by atomic mass is 10.2. The third-order valence-corrected chi connectivity index (χ3v) is 2.23. The van der Waals surface area contributed by atoms with E-state index in [-0.39, 0.29) is 10.3 Å². The molecule has 1 aromatic carbocycles. The Bertz CT molecular complexity index is 369. The molecule has 0 aliphatic rings. The van der Waals surface area contributed by atoms with Crippen LogP contribution in [0, 0.1) is 11.6 Å². The van der Waals surface area contributed by atoms with Crippen LogP contribution < -0.4 is 0 Å². The second-order valence-electron chi connectivity index (χ2n) is 4.10. The second-order valence-corrected chi connectivity index (χ2v) is 5.72. The van der Waals surface area contributed by atoms with Crippen LogP contribution in [0.2, 0.25) is 0 Å². The van der Waals surface area contributed by atoms with Crippen LogP contribution in [0.5, 0.6) is 0 Å². The number of hydrogen-bond acceptors (Lipinski definition) is 2. The van der Waals surface area contributed by atoms with Gasteiger partial charge in [-0.15, -0.1) is 0 Å². The standard InChI is InChI=1S/C11H13F2NS/c1-11(2,3)15-14-7-8-6-9(12)4-5-10(8)13/h4-7H,1-3H3. The van der Waals surface area contributed by atoms with Gasteiger partial charge in [-0.05, 0) is 50.9 Å². The molecule has 0 saturated carbocycles. The smallest absolute Gasteiger partial charge is 0.132 e. The molecule has 0 spiro atoms. The van der Waals surface area contributed by atoms with Crippen molar-refractivity contribution in [3.8, 4) is 0 Å². The van der Waals surface area contributed by atoms with E-state index >= 15 is 0 Å². The molecule has 0 heterocycles. The van der Waals surface area contributed by atoms with Gasteiger partial charge in [-0.3, -0.25) is 0 Å². The highest BCUT2D eigenvalue weighted by Crippen LogP contribution is 2.24. The number of hydrogen-bond donors (Lipinski definition) is 0. The molecule has 0 saturated heterocycles. The van der Waals surface area contributed by atoms with Crippen molar-refractivity contribution >= 4 is 18.2 Å². The van der Waals surface area contributed by atoms with Gasteiger partial charge in [0.05, 0.1) is 0 Å². The van der Waals surface area contributed by atoms with Gasteiger partial charge < -0.3 is 0 Å². The summed E-state index contributed by atoms with van der Waals surface area (Å²) < 4.78 is 29.9. The van der Waals surface area contributed by atoms with E-state index < -0.39 is 11.6 Å². The number of benzene rings is 1. The van der Waals surface area contributed by atoms with E-state index in [4.69, 9.17) is 0 Å². The quantitative estimate of drug-likeness (QED) is 0.554. The van der Waals surface area contributed by atoms with Crippen molar-refractivity contribution in [2.24, 2.45) is 4.40 Å². The second kappa shape index (κ2) is 4.75. The van der Waals surface area contributed by atoms with Crippen LogP contribution in [0.25, 0.3) is 0 Å². The summed E-state index contributed by atoms with van der Waals surface area (Å²) in [4.78, 5) is 0. The van der Waals surface area contributed by atoms with Crippen molar-refractivity contribution in [3.63, 3.8) is 0 Å². The minimum atomic E-state index is -0.463. The molecule has 0 aliphatic heterocycles. The Morgan fingerprint density at radius 3 is 2.53 bits per heavy atom. The fraction of sp³-hybridized carbons (Fsp3) is 0.364. The average molecular weight is 229 g/mol. The zero-order chi connectivity index (χ0) is 11.5. The van der Waals surface area contributed by atoms with Crippen molar-refractivity contribution < 1.29 is 8.78 Å². The lowest BCUT2D eigenvalue weighted by molar-refractivity contribution is 0.598. The maximum atomic E-state index is 13.1. The molecule has 4 heteroatoms. The number of nitrogens with zero attached hydrogens (tertiary/aromatic N) is 1. The highest BCUT2D eigenvalue weighted by molar-refractivity contribution is 7.99. The monoisotopic (exact) mass is 229 g/mol. The molecule has 1 aromatic rings. The fourth-order valence-corrected chi connectivity index (χ4v) is 1.34. The zero-order valence-corrected chi connectivity index (χ0v) is 9.74.